The van der Waals surface area contributed by atoms with E-state index in [4.69, 9.17) is 32.0 Å². The lowest BCUT2D eigenvalue weighted by molar-refractivity contribution is 0.452. The molecule has 2 aromatic heterocycles. The number of fused-ring (bicyclic) bond motifs is 6. The van der Waals surface area contributed by atoms with Crippen molar-refractivity contribution in [2.45, 2.75) is 0 Å². The fourth-order valence-electron chi connectivity index (χ4n) is 5.43. The fourth-order valence-corrected chi connectivity index (χ4v) is 5.96. The van der Waals surface area contributed by atoms with Gasteiger partial charge in [0.1, 0.15) is 45.5 Å². The average Bonchev–Trinajstić information content (AvgIpc) is 3.55. The smallest absolute Gasteiger partial charge is 0.139 e. The summed E-state index contributed by atoms with van der Waals surface area (Å²) in [4.78, 5) is 0. The zero-order chi connectivity index (χ0) is 30.5. The average molecular weight is 625 g/mol. The standard InChI is InChI=1S/C18H11ClF2O2.C18H9ClO2/c19-13-5-3-7-15(21)18(13)12-8-11(16(22)9-17(12)23)10-4-1-2-6-14(10)20;19-13-5-3-7-15-18(13)12-8-11-10-4-1-2-6-14(10)20-16(11)9-17(12)21-15/h1-9,22-23H;1-9H. The van der Waals surface area contributed by atoms with Crippen molar-refractivity contribution in [1.82, 2.24) is 0 Å². The first-order valence-electron chi connectivity index (χ1n) is 13.5. The van der Waals surface area contributed by atoms with Crippen molar-refractivity contribution >= 4 is 67.1 Å². The van der Waals surface area contributed by atoms with Crippen LogP contribution in [0.1, 0.15) is 0 Å². The second kappa shape index (κ2) is 10.9. The van der Waals surface area contributed by atoms with Crippen molar-refractivity contribution in [1.29, 1.82) is 0 Å². The van der Waals surface area contributed by atoms with Gasteiger partial charge in [0, 0.05) is 55.9 Å². The number of phenols is 2. The van der Waals surface area contributed by atoms with E-state index in [0.29, 0.717) is 5.02 Å². The second-order valence-electron chi connectivity index (χ2n) is 10.1. The highest BCUT2D eigenvalue weighted by Gasteiger charge is 2.19. The van der Waals surface area contributed by atoms with E-state index in [-0.39, 0.29) is 38.8 Å². The Kier molecular flexibility index (Phi) is 6.88. The Balaban J connectivity index is 0.000000142. The largest absolute Gasteiger partial charge is 0.507 e. The minimum Gasteiger partial charge on any atom is -0.507 e. The van der Waals surface area contributed by atoms with Gasteiger partial charge in [-0.15, -0.1) is 0 Å². The van der Waals surface area contributed by atoms with Crippen LogP contribution in [0, 0.1) is 11.6 Å². The predicted molar refractivity (Wildman–Crippen MR) is 172 cm³/mol. The molecule has 0 aliphatic heterocycles. The van der Waals surface area contributed by atoms with E-state index in [1.165, 1.54) is 42.5 Å². The molecule has 0 saturated carbocycles. The van der Waals surface area contributed by atoms with Crippen molar-refractivity contribution in [2.75, 3.05) is 0 Å². The van der Waals surface area contributed by atoms with Gasteiger partial charge in [0.2, 0.25) is 0 Å². The van der Waals surface area contributed by atoms with Gasteiger partial charge in [-0.25, -0.2) is 8.78 Å². The molecule has 44 heavy (non-hydrogen) atoms. The Morgan fingerprint density at radius 1 is 0.477 bits per heavy atom. The summed E-state index contributed by atoms with van der Waals surface area (Å²) in [6.07, 6.45) is 0. The third-order valence-corrected chi connectivity index (χ3v) is 8.08. The highest BCUT2D eigenvalue weighted by molar-refractivity contribution is 6.38. The molecule has 0 aliphatic carbocycles. The van der Waals surface area contributed by atoms with E-state index in [9.17, 15) is 19.0 Å². The summed E-state index contributed by atoms with van der Waals surface area (Å²) in [5.41, 5.74) is 3.65. The number of furan rings is 2. The Bertz CT molecular complexity index is 2360. The number of para-hydroxylation sites is 1. The van der Waals surface area contributed by atoms with Gasteiger partial charge in [0.25, 0.3) is 0 Å². The molecule has 2 N–H and O–H groups in total. The minimum absolute atomic E-state index is 0.00995. The van der Waals surface area contributed by atoms with Gasteiger partial charge < -0.3 is 19.0 Å². The van der Waals surface area contributed by atoms with Gasteiger partial charge in [-0.05, 0) is 48.5 Å². The lowest BCUT2D eigenvalue weighted by Crippen LogP contribution is -1.90. The van der Waals surface area contributed by atoms with E-state index in [1.807, 2.05) is 42.5 Å². The summed E-state index contributed by atoms with van der Waals surface area (Å²) in [7, 11) is 0. The summed E-state index contributed by atoms with van der Waals surface area (Å²) < 4.78 is 39.9. The van der Waals surface area contributed by atoms with Crippen LogP contribution in [-0.4, -0.2) is 10.2 Å². The third-order valence-electron chi connectivity index (χ3n) is 7.45. The van der Waals surface area contributed by atoms with Crippen LogP contribution in [0.25, 0.3) is 66.1 Å². The molecule has 8 rings (SSSR count). The second-order valence-corrected chi connectivity index (χ2v) is 10.9. The van der Waals surface area contributed by atoms with Gasteiger partial charge in [0.15, 0.2) is 0 Å². The topological polar surface area (TPSA) is 66.7 Å². The Morgan fingerprint density at radius 3 is 1.93 bits per heavy atom. The summed E-state index contributed by atoms with van der Waals surface area (Å²) in [5, 5.41) is 25.1. The van der Waals surface area contributed by atoms with E-state index in [2.05, 4.69) is 12.1 Å². The fraction of sp³-hybridized carbons (Fsp3) is 0. The van der Waals surface area contributed by atoms with Crippen molar-refractivity contribution in [3.05, 3.63) is 131 Å². The first kappa shape index (κ1) is 27.8. The van der Waals surface area contributed by atoms with E-state index >= 15 is 0 Å². The molecule has 0 aliphatic rings. The monoisotopic (exact) mass is 624 g/mol. The van der Waals surface area contributed by atoms with Crippen LogP contribution in [0.15, 0.2) is 118 Å². The van der Waals surface area contributed by atoms with Crippen LogP contribution in [0.3, 0.4) is 0 Å². The predicted octanol–water partition coefficient (Wildman–Crippen LogP) is 11.5. The van der Waals surface area contributed by atoms with E-state index in [0.717, 1.165) is 49.9 Å². The first-order chi connectivity index (χ1) is 21.3. The maximum Gasteiger partial charge on any atom is 0.139 e. The molecular weight excluding hydrogens is 605 g/mol. The first-order valence-corrected chi connectivity index (χ1v) is 14.2. The lowest BCUT2D eigenvalue weighted by Gasteiger charge is -2.13. The van der Waals surface area contributed by atoms with Gasteiger partial charge in [-0.3, -0.25) is 0 Å². The van der Waals surface area contributed by atoms with Crippen molar-refractivity contribution in [3.63, 3.8) is 0 Å². The van der Waals surface area contributed by atoms with Crippen molar-refractivity contribution < 1.29 is 27.8 Å². The molecule has 0 amide bonds. The van der Waals surface area contributed by atoms with Gasteiger partial charge in [-0.1, -0.05) is 71.7 Å². The molecule has 2 heterocycles. The molecule has 0 unspecified atom stereocenters. The van der Waals surface area contributed by atoms with Crippen molar-refractivity contribution in [3.8, 4) is 33.8 Å². The van der Waals surface area contributed by atoms with Gasteiger partial charge >= 0.3 is 0 Å². The zero-order valence-electron chi connectivity index (χ0n) is 22.6. The van der Waals surface area contributed by atoms with E-state index < -0.39 is 11.6 Å². The van der Waals surface area contributed by atoms with Gasteiger partial charge in [0.05, 0.1) is 10.0 Å². The third kappa shape index (κ3) is 4.69. The lowest BCUT2D eigenvalue weighted by atomic mass is 9.96. The molecule has 0 atom stereocenters. The van der Waals surface area contributed by atoms with Crippen LogP contribution in [-0.2, 0) is 0 Å². The van der Waals surface area contributed by atoms with Crippen LogP contribution >= 0.6 is 23.2 Å². The SMILES string of the molecule is Clc1cccc2oc3cc4oc5ccccc5c4cc3c12.Oc1cc(O)c(-c2c(F)cccc2Cl)cc1-c1ccccc1F. The molecule has 0 fully saturated rings. The summed E-state index contributed by atoms with van der Waals surface area (Å²) in [6, 6.07) is 30.1. The molecule has 0 spiro atoms. The van der Waals surface area contributed by atoms with Crippen LogP contribution < -0.4 is 0 Å². The summed E-state index contributed by atoms with van der Waals surface area (Å²) >= 11 is 12.4. The zero-order valence-corrected chi connectivity index (χ0v) is 24.1. The van der Waals surface area contributed by atoms with Crippen LogP contribution in [0.4, 0.5) is 8.78 Å². The molecule has 8 heteroatoms. The minimum atomic E-state index is -0.627. The molecule has 8 aromatic rings. The molecule has 0 saturated heterocycles. The highest BCUT2D eigenvalue weighted by Crippen LogP contribution is 2.43. The molecule has 0 bridgehead atoms. The van der Waals surface area contributed by atoms with Gasteiger partial charge in [-0.2, -0.15) is 0 Å². The Morgan fingerprint density at radius 2 is 1.11 bits per heavy atom. The van der Waals surface area contributed by atoms with Crippen molar-refractivity contribution in [2.24, 2.45) is 0 Å². The van der Waals surface area contributed by atoms with Crippen LogP contribution in [0.2, 0.25) is 10.0 Å². The molecule has 216 valence electrons. The maximum absolute atomic E-state index is 14.1. The number of phenolic OH excluding ortho intramolecular Hbond substituents is 2. The number of benzene rings is 6. The number of hydrogen-bond acceptors (Lipinski definition) is 4. The molecule has 6 aromatic carbocycles. The number of halogens is 4. The maximum atomic E-state index is 14.1. The van der Waals surface area contributed by atoms with Crippen LogP contribution in [0.5, 0.6) is 11.5 Å². The Labute approximate surface area is 258 Å². The van der Waals surface area contributed by atoms with E-state index in [1.54, 1.807) is 6.07 Å². The number of rotatable bonds is 2. The molecule has 4 nitrogen and oxygen atoms in total. The quantitative estimate of drug-likeness (QED) is 0.201. The number of aromatic hydroxyl groups is 2. The highest BCUT2D eigenvalue weighted by atomic mass is 35.5. The normalized spacial score (nSPS) is 11.4. The summed E-state index contributed by atoms with van der Waals surface area (Å²) in [6.45, 7) is 0. The number of hydrogen-bond donors (Lipinski definition) is 2. The summed E-state index contributed by atoms with van der Waals surface area (Å²) in [5.74, 6) is -1.84. The molecule has 0 radical (unpaired) electrons. The Hall–Kier alpha value is -5.04. The molecular formula is C36H20Cl2F2O4.